The fraction of sp³-hybridized carbons (Fsp3) is 0.750. The molecule has 0 bridgehead atoms. The lowest BCUT2D eigenvalue weighted by atomic mass is 9.71. The zero-order chi connectivity index (χ0) is 25.8. The molecule has 0 spiro atoms. The first-order valence-corrected chi connectivity index (χ1v) is 14.1. The third kappa shape index (κ3) is 8.66. The molecule has 1 fully saturated rings. The van der Waals surface area contributed by atoms with E-state index in [1.54, 1.807) is 6.20 Å². The normalized spacial score (nSPS) is 15.5. The summed E-state index contributed by atoms with van der Waals surface area (Å²) in [5, 5.41) is 7.38. The maximum atomic E-state index is 12.3. The molecule has 198 valence electrons. The van der Waals surface area contributed by atoms with Crippen LogP contribution in [0.25, 0.3) is 0 Å². The van der Waals surface area contributed by atoms with Gasteiger partial charge in [0, 0.05) is 37.2 Å². The van der Waals surface area contributed by atoms with Crippen LogP contribution in [-0.4, -0.2) is 40.9 Å². The molecule has 1 aliphatic rings. The van der Waals surface area contributed by atoms with Crippen LogP contribution in [0.4, 0.5) is 11.8 Å². The van der Waals surface area contributed by atoms with Crippen molar-refractivity contribution < 1.29 is 4.79 Å². The van der Waals surface area contributed by atoms with Crippen molar-refractivity contribution in [3.8, 4) is 0 Å². The van der Waals surface area contributed by atoms with E-state index in [9.17, 15) is 4.79 Å². The molecular formula is C28H48ClN5O. The third-order valence-corrected chi connectivity index (χ3v) is 7.73. The van der Waals surface area contributed by atoms with Gasteiger partial charge in [0.25, 0.3) is 0 Å². The Hall–Kier alpha value is -1.82. The van der Waals surface area contributed by atoms with Crippen molar-refractivity contribution in [3.63, 3.8) is 0 Å². The van der Waals surface area contributed by atoms with Gasteiger partial charge in [0.2, 0.25) is 11.9 Å². The molecule has 0 saturated heterocycles. The number of hydrogen-bond acceptors (Lipinski definition) is 5. The Bertz CT molecular complexity index is 822. The van der Waals surface area contributed by atoms with Crippen molar-refractivity contribution in [2.24, 2.45) is 17.3 Å². The lowest BCUT2D eigenvalue weighted by Gasteiger charge is -2.37. The minimum Gasteiger partial charge on any atom is -0.369 e. The van der Waals surface area contributed by atoms with Gasteiger partial charge in [0.05, 0.1) is 6.20 Å². The second-order valence-corrected chi connectivity index (χ2v) is 11.0. The summed E-state index contributed by atoms with van der Waals surface area (Å²) >= 11 is 6.40. The maximum absolute atomic E-state index is 12.3. The molecule has 1 amide bonds. The summed E-state index contributed by atoms with van der Waals surface area (Å²) in [6, 6.07) is 0. The fourth-order valence-corrected chi connectivity index (χ4v) is 4.99. The number of rotatable bonds is 16. The number of carbonyl (C=O) groups excluding carboxylic acids is 1. The van der Waals surface area contributed by atoms with Crippen LogP contribution in [0, 0.1) is 17.3 Å². The molecule has 1 heterocycles. The minimum atomic E-state index is -0.00463. The number of nitrogens with one attached hydrogen (secondary N) is 2. The highest BCUT2D eigenvalue weighted by molar-refractivity contribution is 6.32. The third-order valence-electron chi connectivity index (χ3n) is 7.45. The van der Waals surface area contributed by atoms with E-state index in [4.69, 9.17) is 16.6 Å². The van der Waals surface area contributed by atoms with Crippen LogP contribution in [0.1, 0.15) is 98.8 Å². The van der Waals surface area contributed by atoms with Crippen molar-refractivity contribution in [1.29, 1.82) is 0 Å². The summed E-state index contributed by atoms with van der Waals surface area (Å²) in [5.41, 5.74) is 1.17. The summed E-state index contributed by atoms with van der Waals surface area (Å²) in [5.74, 6) is 2.31. The number of allylic oxidation sites excluding steroid dienone is 2. The largest absolute Gasteiger partial charge is 0.369 e. The minimum absolute atomic E-state index is 0.00463. The van der Waals surface area contributed by atoms with Crippen molar-refractivity contribution in [3.05, 3.63) is 23.0 Å². The van der Waals surface area contributed by atoms with Gasteiger partial charge in [0.15, 0.2) is 0 Å². The van der Waals surface area contributed by atoms with E-state index in [0.29, 0.717) is 29.3 Å². The van der Waals surface area contributed by atoms with Crippen LogP contribution in [0.5, 0.6) is 0 Å². The predicted octanol–water partition coefficient (Wildman–Crippen LogP) is 7.53. The van der Waals surface area contributed by atoms with Gasteiger partial charge in [-0.15, -0.1) is 0 Å². The van der Waals surface area contributed by atoms with Crippen molar-refractivity contribution in [2.75, 3.05) is 30.8 Å². The van der Waals surface area contributed by atoms with E-state index in [1.807, 2.05) is 11.9 Å². The summed E-state index contributed by atoms with van der Waals surface area (Å²) in [7, 11) is 1.90. The van der Waals surface area contributed by atoms with Gasteiger partial charge in [-0.1, -0.05) is 78.0 Å². The van der Waals surface area contributed by atoms with Crippen molar-refractivity contribution in [1.82, 2.24) is 14.9 Å². The number of hydrogen-bond donors (Lipinski definition) is 2. The van der Waals surface area contributed by atoms with Gasteiger partial charge >= 0.3 is 0 Å². The van der Waals surface area contributed by atoms with Gasteiger partial charge in [0.1, 0.15) is 10.8 Å². The SMILES string of the molecule is CC/C=C(/Nc1ncc(Cl)c(NCCCN(C)C(=O)C2CCC2)n1)C(C)(C)C(CCC)CCCC. The van der Waals surface area contributed by atoms with Crippen molar-refractivity contribution in [2.45, 2.75) is 98.8 Å². The molecule has 0 aliphatic heterocycles. The Morgan fingerprint density at radius 1 is 1.23 bits per heavy atom. The smallest absolute Gasteiger partial charge is 0.228 e. The van der Waals surface area contributed by atoms with Gasteiger partial charge in [-0.25, -0.2) is 4.98 Å². The molecule has 1 atom stereocenters. The van der Waals surface area contributed by atoms with Gasteiger partial charge in [-0.05, 0) is 44.4 Å². The van der Waals surface area contributed by atoms with Crippen LogP contribution in [0.15, 0.2) is 18.0 Å². The highest BCUT2D eigenvalue weighted by atomic mass is 35.5. The molecule has 0 aromatic carbocycles. The highest BCUT2D eigenvalue weighted by Gasteiger charge is 2.33. The van der Waals surface area contributed by atoms with E-state index in [2.05, 4.69) is 56.3 Å². The summed E-state index contributed by atoms with van der Waals surface area (Å²) in [4.78, 5) is 23.3. The Kier molecular flexibility index (Phi) is 12.3. The van der Waals surface area contributed by atoms with Gasteiger partial charge < -0.3 is 15.5 Å². The van der Waals surface area contributed by atoms with Crippen LogP contribution < -0.4 is 10.6 Å². The van der Waals surface area contributed by atoms with Crippen LogP contribution in [0.2, 0.25) is 5.02 Å². The van der Waals surface area contributed by atoms with Crippen LogP contribution >= 0.6 is 11.6 Å². The number of aromatic nitrogens is 2. The molecule has 2 N–H and O–H groups in total. The molecule has 1 saturated carbocycles. The van der Waals surface area contributed by atoms with Crippen LogP contribution in [-0.2, 0) is 4.79 Å². The first-order chi connectivity index (χ1) is 16.7. The summed E-state index contributed by atoms with van der Waals surface area (Å²) in [6.07, 6.45) is 15.1. The van der Waals surface area contributed by atoms with E-state index in [1.165, 1.54) is 44.2 Å². The van der Waals surface area contributed by atoms with E-state index in [0.717, 1.165) is 32.2 Å². The van der Waals surface area contributed by atoms with Crippen molar-refractivity contribution >= 4 is 29.3 Å². The summed E-state index contributed by atoms with van der Waals surface area (Å²) < 4.78 is 0. The zero-order valence-electron chi connectivity index (χ0n) is 22.9. The molecule has 1 unspecified atom stereocenters. The van der Waals surface area contributed by atoms with Crippen LogP contribution in [0.3, 0.4) is 0 Å². The fourth-order valence-electron chi connectivity index (χ4n) is 4.84. The molecule has 6 nitrogen and oxygen atoms in total. The first-order valence-electron chi connectivity index (χ1n) is 13.7. The Balaban J connectivity index is 2.01. The number of halogens is 1. The molecule has 1 aromatic rings. The van der Waals surface area contributed by atoms with E-state index in [-0.39, 0.29) is 17.2 Å². The van der Waals surface area contributed by atoms with E-state index >= 15 is 0 Å². The van der Waals surface area contributed by atoms with Gasteiger partial charge in [-0.2, -0.15) is 4.98 Å². The average Bonchev–Trinajstić information content (AvgIpc) is 2.79. The Morgan fingerprint density at radius 2 is 1.97 bits per heavy atom. The molecule has 1 aliphatic carbocycles. The predicted molar refractivity (Wildman–Crippen MR) is 149 cm³/mol. The topological polar surface area (TPSA) is 70.2 Å². The lowest BCUT2D eigenvalue weighted by molar-refractivity contribution is -0.136. The molecule has 2 rings (SSSR count). The maximum Gasteiger partial charge on any atom is 0.228 e. The molecule has 35 heavy (non-hydrogen) atoms. The molecule has 7 heteroatoms. The second kappa shape index (κ2) is 14.7. The Labute approximate surface area is 218 Å². The Morgan fingerprint density at radius 3 is 2.57 bits per heavy atom. The molecule has 0 radical (unpaired) electrons. The summed E-state index contributed by atoms with van der Waals surface area (Å²) in [6.45, 7) is 12.8. The molecule has 1 aromatic heterocycles. The standard InChI is InChI=1S/C28H48ClN5O/c1-7-10-17-22(13-8-2)28(4,5)24(14-9-3)32-27-31-20-23(29)25(33-27)30-18-12-19-34(6)26(35)21-15-11-16-21/h14,20-22H,7-13,15-19H2,1-6H3,(H2,30,31,32,33)/b24-14+. The average molecular weight is 506 g/mol. The number of unbranched alkanes of at least 4 members (excludes halogenated alkanes) is 1. The van der Waals surface area contributed by atoms with E-state index < -0.39 is 0 Å². The monoisotopic (exact) mass is 505 g/mol. The first kappa shape index (κ1) is 29.4. The zero-order valence-corrected chi connectivity index (χ0v) is 23.7. The highest BCUT2D eigenvalue weighted by Crippen LogP contribution is 2.41. The number of carbonyl (C=O) groups is 1. The number of nitrogens with zero attached hydrogens (tertiary/aromatic N) is 3. The lowest BCUT2D eigenvalue weighted by Crippen LogP contribution is -2.37. The molecular weight excluding hydrogens is 458 g/mol. The second-order valence-electron chi connectivity index (χ2n) is 10.6. The number of amides is 1. The quantitative estimate of drug-likeness (QED) is 0.227. The number of anilines is 2. The van der Waals surface area contributed by atoms with Gasteiger partial charge in [-0.3, -0.25) is 4.79 Å².